The fourth-order valence-corrected chi connectivity index (χ4v) is 4.01. The van der Waals surface area contributed by atoms with E-state index in [4.69, 9.17) is 0 Å². The van der Waals surface area contributed by atoms with Gasteiger partial charge in [-0.2, -0.15) is 5.10 Å². The third kappa shape index (κ3) is 3.44. The van der Waals surface area contributed by atoms with Gasteiger partial charge in [0.25, 0.3) is 5.91 Å². The maximum atomic E-state index is 12.7. The molecule has 0 radical (unpaired) electrons. The molecule has 1 aliphatic rings. The standard InChI is InChI=1S/C21H20BrN3O/c22-18-10-5-4-9-16(18)21(26)24-19-11-6-12-20-17(19)13-23-25(20)14-15-7-2-1-3-8-15/h1-5,7-10,13,19H,6,11-12,14H2,(H,24,26)/t19-/m1/s1. The molecule has 0 saturated carbocycles. The Hall–Kier alpha value is -2.40. The van der Waals surface area contributed by atoms with Crippen molar-refractivity contribution < 1.29 is 4.79 Å². The molecule has 26 heavy (non-hydrogen) atoms. The van der Waals surface area contributed by atoms with Gasteiger partial charge in [-0.05, 0) is 52.9 Å². The molecule has 1 heterocycles. The summed E-state index contributed by atoms with van der Waals surface area (Å²) >= 11 is 3.46. The molecule has 132 valence electrons. The van der Waals surface area contributed by atoms with Crippen molar-refractivity contribution in [3.05, 3.63) is 87.7 Å². The van der Waals surface area contributed by atoms with Gasteiger partial charge in [-0.1, -0.05) is 42.5 Å². The first kappa shape index (κ1) is 17.0. The van der Waals surface area contributed by atoms with Crippen molar-refractivity contribution in [1.29, 1.82) is 0 Å². The lowest BCUT2D eigenvalue weighted by Crippen LogP contribution is -2.31. The van der Waals surface area contributed by atoms with Crippen molar-refractivity contribution in [3.8, 4) is 0 Å². The van der Waals surface area contributed by atoms with Crippen LogP contribution in [0.2, 0.25) is 0 Å². The number of hydrogen-bond acceptors (Lipinski definition) is 2. The van der Waals surface area contributed by atoms with Crippen LogP contribution in [-0.2, 0) is 13.0 Å². The summed E-state index contributed by atoms with van der Waals surface area (Å²) in [4.78, 5) is 12.7. The predicted octanol–water partition coefficient (Wildman–Crippen LogP) is 4.50. The SMILES string of the molecule is O=C(N[C@@H]1CCCc2c1cnn2Cc1ccccc1)c1ccccc1Br. The summed E-state index contributed by atoms with van der Waals surface area (Å²) in [5, 5.41) is 7.78. The molecule has 1 aromatic heterocycles. The van der Waals surface area contributed by atoms with Crippen molar-refractivity contribution in [2.24, 2.45) is 0 Å². The van der Waals surface area contributed by atoms with E-state index in [9.17, 15) is 4.79 Å². The Morgan fingerprint density at radius 2 is 1.92 bits per heavy atom. The topological polar surface area (TPSA) is 46.9 Å². The van der Waals surface area contributed by atoms with Gasteiger partial charge < -0.3 is 5.32 Å². The highest BCUT2D eigenvalue weighted by atomic mass is 79.9. The number of carbonyl (C=O) groups is 1. The van der Waals surface area contributed by atoms with Gasteiger partial charge >= 0.3 is 0 Å². The van der Waals surface area contributed by atoms with Gasteiger partial charge in [0.2, 0.25) is 0 Å². The number of amides is 1. The zero-order valence-corrected chi connectivity index (χ0v) is 15.9. The van der Waals surface area contributed by atoms with Crippen LogP contribution in [0.3, 0.4) is 0 Å². The van der Waals surface area contributed by atoms with Crippen molar-refractivity contribution in [3.63, 3.8) is 0 Å². The first-order valence-corrected chi connectivity index (χ1v) is 9.65. The average Bonchev–Trinajstić information content (AvgIpc) is 3.07. The quantitative estimate of drug-likeness (QED) is 0.689. The summed E-state index contributed by atoms with van der Waals surface area (Å²) < 4.78 is 2.88. The Labute approximate surface area is 161 Å². The van der Waals surface area contributed by atoms with Crippen molar-refractivity contribution in [1.82, 2.24) is 15.1 Å². The molecule has 1 N–H and O–H groups in total. The van der Waals surface area contributed by atoms with E-state index < -0.39 is 0 Å². The number of rotatable bonds is 4. The van der Waals surface area contributed by atoms with Crippen LogP contribution in [-0.4, -0.2) is 15.7 Å². The molecule has 0 fully saturated rings. The summed E-state index contributed by atoms with van der Waals surface area (Å²) in [6, 6.07) is 17.9. The van der Waals surface area contributed by atoms with Crippen LogP contribution in [0.5, 0.6) is 0 Å². The van der Waals surface area contributed by atoms with Gasteiger partial charge in [0.05, 0.1) is 24.3 Å². The predicted molar refractivity (Wildman–Crippen MR) is 105 cm³/mol. The Morgan fingerprint density at radius 3 is 2.73 bits per heavy atom. The Balaban J connectivity index is 1.55. The summed E-state index contributed by atoms with van der Waals surface area (Å²) in [5.74, 6) is -0.0499. The number of hydrogen-bond donors (Lipinski definition) is 1. The van der Waals surface area contributed by atoms with Gasteiger partial charge in [0.1, 0.15) is 0 Å². The van der Waals surface area contributed by atoms with Crippen molar-refractivity contribution in [2.75, 3.05) is 0 Å². The molecule has 3 aromatic rings. The van der Waals surface area contributed by atoms with Gasteiger partial charge in [-0.3, -0.25) is 9.48 Å². The first-order chi connectivity index (χ1) is 12.7. The van der Waals surface area contributed by atoms with Crippen molar-refractivity contribution >= 4 is 21.8 Å². The third-order valence-corrected chi connectivity index (χ3v) is 5.55. The summed E-state index contributed by atoms with van der Waals surface area (Å²) in [6.45, 7) is 0.765. The molecular formula is C21H20BrN3O. The zero-order valence-electron chi connectivity index (χ0n) is 14.4. The third-order valence-electron chi connectivity index (χ3n) is 4.86. The van der Waals surface area contributed by atoms with Crippen LogP contribution < -0.4 is 5.32 Å². The van der Waals surface area contributed by atoms with E-state index >= 15 is 0 Å². The number of nitrogens with one attached hydrogen (secondary N) is 1. The van der Waals surface area contributed by atoms with Crippen LogP contribution in [0.4, 0.5) is 0 Å². The van der Waals surface area contributed by atoms with E-state index in [1.54, 1.807) is 0 Å². The Bertz CT molecular complexity index is 920. The first-order valence-electron chi connectivity index (χ1n) is 8.86. The van der Waals surface area contributed by atoms with E-state index in [0.717, 1.165) is 35.8 Å². The number of carbonyl (C=O) groups excluding carboxylic acids is 1. The largest absolute Gasteiger partial charge is 0.345 e. The number of aromatic nitrogens is 2. The lowest BCUT2D eigenvalue weighted by Gasteiger charge is -2.24. The van der Waals surface area contributed by atoms with E-state index in [2.05, 4.69) is 43.2 Å². The number of halogens is 1. The lowest BCUT2D eigenvalue weighted by molar-refractivity contribution is 0.0932. The molecular weight excluding hydrogens is 390 g/mol. The van der Waals surface area contributed by atoms with Crippen LogP contribution in [0.25, 0.3) is 0 Å². The summed E-state index contributed by atoms with van der Waals surface area (Å²) in [6.07, 6.45) is 4.92. The van der Waals surface area contributed by atoms with E-state index in [1.807, 2.05) is 48.7 Å². The van der Waals surface area contributed by atoms with Crippen LogP contribution in [0, 0.1) is 0 Å². The minimum Gasteiger partial charge on any atom is -0.345 e. The maximum absolute atomic E-state index is 12.7. The second kappa shape index (κ2) is 7.46. The number of nitrogens with zero attached hydrogens (tertiary/aromatic N) is 2. The molecule has 1 amide bonds. The average molecular weight is 410 g/mol. The van der Waals surface area contributed by atoms with Gasteiger partial charge in [0.15, 0.2) is 0 Å². The highest BCUT2D eigenvalue weighted by Crippen LogP contribution is 2.30. The summed E-state index contributed by atoms with van der Waals surface area (Å²) in [7, 11) is 0. The maximum Gasteiger partial charge on any atom is 0.252 e. The number of benzene rings is 2. The Morgan fingerprint density at radius 1 is 1.15 bits per heavy atom. The molecule has 5 heteroatoms. The van der Waals surface area contributed by atoms with Crippen LogP contribution in [0.15, 0.2) is 65.3 Å². The fraction of sp³-hybridized carbons (Fsp3) is 0.238. The molecule has 2 aromatic carbocycles. The number of fused-ring (bicyclic) bond motifs is 1. The summed E-state index contributed by atoms with van der Waals surface area (Å²) in [5.41, 5.74) is 4.28. The van der Waals surface area contributed by atoms with E-state index in [1.165, 1.54) is 11.3 Å². The zero-order chi connectivity index (χ0) is 17.9. The van der Waals surface area contributed by atoms with Gasteiger partial charge in [-0.25, -0.2) is 0 Å². The van der Waals surface area contributed by atoms with Crippen LogP contribution in [0.1, 0.15) is 46.1 Å². The molecule has 4 rings (SSSR count). The molecule has 1 atom stereocenters. The normalized spacial score (nSPS) is 16.1. The highest BCUT2D eigenvalue weighted by Gasteiger charge is 2.26. The Kier molecular flexibility index (Phi) is 4.89. The van der Waals surface area contributed by atoms with E-state index in [0.29, 0.717) is 5.56 Å². The molecule has 0 spiro atoms. The minimum absolute atomic E-state index is 0.0166. The lowest BCUT2D eigenvalue weighted by atomic mass is 9.92. The van der Waals surface area contributed by atoms with Gasteiger partial charge in [0, 0.05) is 15.7 Å². The second-order valence-electron chi connectivity index (χ2n) is 6.59. The second-order valence-corrected chi connectivity index (χ2v) is 7.44. The van der Waals surface area contributed by atoms with Crippen LogP contribution >= 0.6 is 15.9 Å². The molecule has 0 saturated heterocycles. The molecule has 0 aliphatic heterocycles. The molecule has 1 aliphatic carbocycles. The highest BCUT2D eigenvalue weighted by molar-refractivity contribution is 9.10. The monoisotopic (exact) mass is 409 g/mol. The smallest absolute Gasteiger partial charge is 0.252 e. The van der Waals surface area contributed by atoms with Crippen molar-refractivity contribution in [2.45, 2.75) is 31.8 Å². The van der Waals surface area contributed by atoms with E-state index in [-0.39, 0.29) is 11.9 Å². The minimum atomic E-state index is -0.0499. The molecule has 4 nitrogen and oxygen atoms in total. The van der Waals surface area contributed by atoms with Gasteiger partial charge in [-0.15, -0.1) is 0 Å². The molecule has 0 unspecified atom stereocenters. The fourth-order valence-electron chi connectivity index (χ4n) is 3.54. The molecule has 0 bridgehead atoms.